The summed E-state index contributed by atoms with van der Waals surface area (Å²) < 4.78 is 35.8. The first-order valence-electron chi connectivity index (χ1n) is 3.92. The Morgan fingerprint density at radius 2 is 1.83 bits per heavy atom. The van der Waals surface area contributed by atoms with Crippen LogP contribution in [0.25, 0.3) is 0 Å². The molecule has 0 aliphatic heterocycles. The molecule has 2 nitrogen and oxygen atoms in total. The highest BCUT2D eigenvalue weighted by Gasteiger charge is 2.27. The molecule has 0 radical (unpaired) electrons. The van der Waals surface area contributed by atoms with Gasteiger partial charge in [0.25, 0.3) is 0 Å². The van der Waals surface area contributed by atoms with Crippen LogP contribution in [0.1, 0.15) is 13.8 Å². The van der Waals surface area contributed by atoms with E-state index in [9.17, 15) is 12.9 Å². The Morgan fingerprint density at radius 1 is 1.33 bits per heavy atom. The number of aliphatic hydroxyl groups is 1. The van der Waals surface area contributed by atoms with Crippen molar-refractivity contribution >= 4 is 6.98 Å². The fourth-order valence-corrected chi connectivity index (χ4v) is 0.955. The maximum atomic E-state index is 11.9. The van der Waals surface area contributed by atoms with E-state index in [1.807, 2.05) is 0 Å². The average molecular weight is 184 g/mol. The zero-order chi connectivity index (χ0) is 9.78. The fourth-order valence-electron chi connectivity index (χ4n) is 0.955. The third kappa shape index (κ3) is 5.43. The lowest BCUT2D eigenvalue weighted by atomic mass is 9.90. The van der Waals surface area contributed by atoms with Gasteiger partial charge in [0.15, 0.2) is 0 Å². The third-order valence-corrected chi connectivity index (χ3v) is 1.56. The summed E-state index contributed by atoms with van der Waals surface area (Å²) in [6, 6.07) is -0.180. The van der Waals surface area contributed by atoms with Gasteiger partial charge in [0, 0.05) is 12.6 Å². The molecule has 0 fully saturated rings. The molecule has 0 heterocycles. The fraction of sp³-hybridized carbons (Fsp3) is 1.00. The molecule has 6 heteroatoms. The highest BCUT2D eigenvalue weighted by molar-refractivity contribution is 6.58. The summed E-state index contributed by atoms with van der Waals surface area (Å²) in [5, 5.41) is 8.48. The van der Waals surface area contributed by atoms with Crippen LogP contribution in [0.4, 0.5) is 12.9 Å². The van der Waals surface area contributed by atoms with Gasteiger partial charge in [-0.15, -0.1) is 0 Å². The second-order valence-corrected chi connectivity index (χ2v) is 3.02. The van der Waals surface area contributed by atoms with E-state index in [1.165, 1.54) is 4.90 Å². The van der Waals surface area contributed by atoms with Gasteiger partial charge in [-0.3, -0.25) is 0 Å². The molecule has 0 unspecified atom stereocenters. The zero-order valence-electron chi connectivity index (χ0n) is 7.30. The number of nitrogens with zero attached hydrogens (tertiary/aromatic N) is 1. The molecule has 0 atom stereocenters. The molecular formula is C6H14BF3NO-. The van der Waals surface area contributed by atoms with E-state index in [2.05, 4.69) is 0 Å². The quantitative estimate of drug-likeness (QED) is 0.646. The molecule has 1 N–H and O–H groups in total. The van der Waals surface area contributed by atoms with Crippen molar-refractivity contribution in [1.29, 1.82) is 0 Å². The van der Waals surface area contributed by atoms with Gasteiger partial charge in [-0.1, -0.05) is 0 Å². The number of hydrogen-bond donors (Lipinski definition) is 1. The van der Waals surface area contributed by atoms with Crippen LogP contribution in [0.2, 0.25) is 0 Å². The van der Waals surface area contributed by atoms with Gasteiger partial charge in [0.1, 0.15) is 0 Å². The van der Waals surface area contributed by atoms with Crippen molar-refractivity contribution in [2.24, 2.45) is 0 Å². The van der Waals surface area contributed by atoms with E-state index in [1.54, 1.807) is 13.8 Å². The standard InChI is InChI=1S/C6H14BF3NO/c1-6(2)11(3-4-12)5-7(8,9)10/h6,12H,3-5H2,1-2H3/q-1. The Labute approximate surface area is 70.4 Å². The minimum Gasteiger partial charge on any atom is -0.448 e. The average Bonchev–Trinajstić information content (AvgIpc) is 1.83. The summed E-state index contributed by atoms with van der Waals surface area (Å²) >= 11 is 0. The second-order valence-electron chi connectivity index (χ2n) is 3.02. The molecule has 74 valence electrons. The van der Waals surface area contributed by atoms with Gasteiger partial charge in [-0.2, -0.15) is 0 Å². The van der Waals surface area contributed by atoms with Crippen molar-refractivity contribution in [3.05, 3.63) is 0 Å². The third-order valence-electron chi connectivity index (χ3n) is 1.56. The van der Waals surface area contributed by atoms with Crippen molar-refractivity contribution < 1.29 is 18.1 Å². The lowest BCUT2D eigenvalue weighted by molar-refractivity contribution is 0.173. The van der Waals surface area contributed by atoms with Crippen LogP contribution in [0.15, 0.2) is 0 Å². The predicted octanol–water partition coefficient (Wildman–Crippen LogP) is 1.08. The number of halogens is 3. The minimum absolute atomic E-state index is 0.0823. The summed E-state index contributed by atoms with van der Waals surface area (Å²) in [7, 11) is 0. The van der Waals surface area contributed by atoms with Crippen molar-refractivity contribution in [1.82, 2.24) is 4.90 Å². The van der Waals surface area contributed by atoms with Crippen molar-refractivity contribution in [3.8, 4) is 0 Å². The van der Waals surface area contributed by atoms with E-state index in [4.69, 9.17) is 5.11 Å². The lowest BCUT2D eigenvalue weighted by Crippen LogP contribution is -2.43. The summed E-state index contributed by atoms with van der Waals surface area (Å²) in [6.07, 6.45) is -0.891. The van der Waals surface area contributed by atoms with E-state index >= 15 is 0 Å². The topological polar surface area (TPSA) is 23.5 Å². The molecular weight excluding hydrogens is 170 g/mol. The summed E-state index contributed by atoms with van der Waals surface area (Å²) in [5.41, 5.74) is 0. The normalized spacial score (nSPS) is 13.0. The summed E-state index contributed by atoms with van der Waals surface area (Å²) in [4.78, 5) is 1.21. The summed E-state index contributed by atoms with van der Waals surface area (Å²) in [5.74, 6) is 0. The first-order valence-corrected chi connectivity index (χ1v) is 3.92. The molecule has 0 saturated carbocycles. The first kappa shape index (κ1) is 11.8. The molecule has 0 saturated heterocycles. The molecule has 0 aromatic heterocycles. The maximum absolute atomic E-state index is 11.9. The van der Waals surface area contributed by atoms with Gasteiger partial charge in [0.2, 0.25) is 0 Å². The van der Waals surface area contributed by atoms with Gasteiger partial charge < -0.3 is 23.0 Å². The number of hydrogen-bond acceptors (Lipinski definition) is 2. The smallest absolute Gasteiger partial charge is 0.448 e. The highest BCUT2D eigenvalue weighted by atomic mass is 19.4. The molecule has 0 aliphatic rings. The summed E-state index contributed by atoms with van der Waals surface area (Å²) in [6.45, 7) is -1.57. The van der Waals surface area contributed by atoms with Crippen LogP contribution in [0, 0.1) is 0 Å². The number of rotatable bonds is 5. The Kier molecular flexibility index (Phi) is 4.63. The van der Waals surface area contributed by atoms with Gasteiger partial charge in [-0.25, -0.2) is 0 Å². The molecule has 0 bridgehead atoms. The van der Waals surface area contributed by atoms with Crippen molar-refractivity contribution in [2.75, 3.05) is 19.6 Å². The Morgan fingerprint density at radius 3 is 2.08 bits per heavy atom. The van der Waals surface area contributed by atoms with Gasteiger partial charge >= 0.3 is 6.98 Å². The van der Waals surface area contributed by atoms with Crippen LogP contribution in [0.3, 0.4) is 0 Å². The maximum Gasteiger partial charge on any atom is 0.492 e. The van der Waals surface area contributed by atoms with Crippen LogP contribution >= 0.6 is 0 Å². The molecule has 0 aliphatic carbocycles. The Balaban J connectivity index is 3.95. The zero-order valence-corrected chi connectivity index (χ0v) is 7.30. The van der Waals surface area contributed by atoms with Crippen LogP contribution in [-0.2, 0) is 0 Å². The van der Waals surface area contributed by atoms with E-state index in [0.717, 1.165) is 0 Å². The molecule has 0 spiro atoms. The lowest BCUT2D eigenvalue weighted by Gasteiger charge is -2.30. The largest absolute Gasteiger partial charge is 0.492 e. The molecule has 0 rings (SSSR count). The number of aliphatic hydroxyl groups excluding tert-OH is 1. The second kappa shape index (κ2) is 4.72. The monoisotopic (exact) mass is 184 g/mol. The van der Waals surface area contributed by atoms with Crippen LogP contribution in [-0.4, -0.2) is 42.6 Å². The predicted molar refractivity (Wildman–Crippen MR) is 42.9 cm³/mol. The Bertz CT molecular complexity index is 128. The SMILES string of the molecule is CC(C)N(CCO)C[B-](F)(F)F. The van der Waals surface area contributed by atoms with Crippen molar-refractivity contribution in [2.45, 2.75) is 19.9 Å². The minimum atomic E-state index is -4.78. The molecule has 0 aromatic rings. The van der Waals surface area contributed by atoms with Crippen molar-refractivity contribution in [3.63, 3.8) is 0 Å². The van der Waals surface area contributed by atoms with Crippen LogP contribution < -0.4 is 0 Å². The van der Waals surface area contributed by atoms with Crippen LogP contribution in [0.5, 0.6) is 0 Å². The van der Waals surface area contributed by atoms with E-state index in [0.29, 0.717) is 0 Å². The molecule has 0 aromatic carbocycles. The molecule has 0 amide bonds. The van der Waals surface area contributed by atoms with E-state index in [-0.39, 0.29) is 19.2 Å². The van der Waals surface area contributed by atoms with E-state index < -0.39 is 13.4 Å². The first-order chi connectivity index (χ1) is 5.37. The molecule has 12 heavy (non-hydrogen) atoms. The van der Waals surface area contributed by atoms with Gasteiger partial charge in [0.05, 0.1) is 6.61 Å². The highest BCUT2D eigenvalue weighted by Crippen LogP contribution is 2.12. The van der Waals surface area contributed by atoms with Gasteiger partial charge in [-0.05, 0) is 20.3 Å². The Hall–Kier alpha value is -0.225.